The van der Waals surface area contributed by atoms with Crippen LogP contribution in [0.1, 0.15) is 26.2 Å². The number of nitrogens with two attached hydrogens (primary N) is 1. The van der Waals surface area contributed by atoms with Crippen LogP contribution < -0.4 is 10.5 Å². The highest BCUT2D eigenvalue weighted by molar-refractivity contribution is 7.89. The molecule has 0 aliphatic carbocycles. The first-order chi connectivity index (χ1) is 9.54. The Hall–Kier alpha value is -1.59. The average Bonchev–Trinajstić information content (AvgIpc) is 2.42. The summed E-state index contributed by atoms with van der Waals surface area (Å²) in [6.45, 7) is 2.56. The zero-order chi connectivity index (χ0) is 14.6. The van der Waals surface area contributed by atoms with Gasteiger partial charge in [0.05, 0.1) is 4.90 Å². The molecule has 0 bridgehead atoms. The molecule has 0 aliphatic rings. The molecule has 2 aromatic carbocycles. The van der Waals surface area contributed by atoms with Gasteiger partial charge in [-0.25, -0.2) is 13.1 Å². The van der Waals surface area contributed by atoms with E-state index in [1.54, 1.807) is 30.3 Å². The number of nitrogen functional groups attached to an aromatic ring is 1. The Morgan fingerprint density at radius 1 is 1.15 bits per heavy atom. The quantitative estimate of drug-likeness (QED) is 0.635. The van der Waals surface area contributed by atoms with Crippen LogP contribution in [0.2, 0.25) is 0 Å². The Morgan fingerprint density at radius 3 is 2.70 bits per heavy atom. The first-order valence-corrected chi connectivity index (χ1v) is 8.31. The predicted molar refractivity (Wildman–Crippen MR) is 83.1 cm³/mol. The molecule has 2 rings (SSSR count). The molecule has 0 fully saturated rings. The van der Waals surface area contributed by atoms with Gasteiger partial charge in [0.2, 0.25) is 10.0 Å². The molecular weight excluding hydrogens is 272 g/mol. The summed E-state index contributed by atoms with van der Waals surface area (Å²) in [6.07, 6.45) is 2.94. The van der Waals surface area contributed by atoms with Crippen molar-refractivity contribution in [2.45, 2.75) is 31.1 Å². The fourth-order valence-corrected chi connectivity index (χ4v) is 3.47. The fourth-order valence-electron chi connectivity index (χ4n) is 2.17. The van der Waals surface area contributed by atoms with Crippen LogP contribution in [-0.2, 0) is 10.0 Å². The standard InChI is InChI=1S/C15H20N2O2S/c1-2-3-4-10-17-20(18,19)15-7-5-6-12-11-13(16)8-9-14(12)15/h5-9,11,17H,2-4,10,16H2,1H3. The van der Waals surface area contributed by atoms with Gasteiger partial charge in [-0.3, -0.25) is 0 Å². The predicted octanol–water partition coefficient (Wildman–Crippen LogP) is 2.89. The third-order valence-corrected chi connectivity index (χ3v) is 4.75. The number of fused-ring (bicyclic) bond motifs is 1. The zero-order valence-electron chi connectivity index (χ0n) is 11.6. The zero-order valence-corrected chi connectivity index (χ0v) is 12.4. The van der Waals surface area contributed by atoms with E-state index in [0.717, 1.165) is 24.6 Å². The molecule has 0 heterocycles. The minimum Gasteiger partial charge on any atom is -0.399 e. The summed E-state index contributed by atoms with van der Waals surface area (Å²) in [6, 6.07) is 10.5. The maximum atomic E-state index is 12.4. The van der Waals surface area contributed by atoms with Crippen molar-refractivity contribution in [2.75, 3.05) is 12.3 Å². The fraction of sp³-hybridized carbons (Fsp3) is 0.333. The van der Waals surface area contributed by atoms with Crippen molar-refractivity contribution in [3.63, 3.8) is 0 Å². The molecule has 0 saturated carbocycles. The Labute approximate surface area is 120 Å². The van der Waals surface area contributed by atoms with Gasteiger partial charge in [0.15, 0.2) is 0 Å². The third-order valence-electron chi connectivity index (χ3n) is 3.23. The van der Waals surface area contributed by atoms with Crippen molar-refractivity contribution >= 4 is 26.5 Å². The second-order valence-corrected chi connectivity index (χ2v) is 6.58. The number of nitrogens with one attached hydrogen (secondary N) is 1. The number of rotatable bonds is 6. The molecule has 0 unspecified atom stereocenters. The minimum atomic E-state index is -3.47. The molecule has 0 aromatic heterocycles. The molecule has 0 atom stereocenters. The largest absolute Gasteiger partial charge is 0.399 e. The second-order valence-electron chi connectivity index (χ2n) is 4.84. The number of hydrogen-bond acceptors (Lipinski definition) is 3. The van der Waals surface area contributed by atoms with E-state index < -0.39 is 10.0 Å². The van der Waals surface area contributed by atoms with Crippen molar-refractivity contribution in [1.29, 1.82) is 0 Å². The maximum Gasteiger partial charge on any atom is 0.241 e. The van der Waals surface area contributed by atoms with E-state index in [1.165, 1.54) is 0 Å². The monoisotopic (exact) mass is 292 g/mol. The summed E-state index contributed by atoms with van der Waals surface area (Å²) in [4.78, 5) is 0.312. The summed E-state index contributed by atoms with van der Waals surface area (Å²) >= 11 is 0. The molecule has 108 valence electrons. The first-order valence-electron chi connectivity index (χ1n) is 6.82. The summed E-state index contributed by atoms with van der Waals surface area (Å²) < 4.78 is 27.4. The van der Waals surface area contributed by atoms with Crippen LogP contribution in [0.5, 0.6) is 0 Å². The van der Waals surface area contributed by atoms with Gasteiger partial charge in [0, 0.05) is 17.6 Å². The summed E-state index contributed by atoms with van der Waals surface area (Å²) in [7, 11) is -3.47. The van der Waals surface area contributed by atoms with Crippen molar-refractivity contribution < 1.29 is 8.42 Å². The smallest absolute Gasteiger partial charge is 0.241 e. The molecular formula is C15H20N2O2S. The highest BCUT2D eigenvalue weighted by Gasteiger charge is 2.16. The highest BCUT2D eigenvalue weighted by Crippen LogP contribution is 2.24. The van der Waals surface area contributed by atoms with Gasteiger partial charge in [0.1, 0.15) is 0 Å². The lowest BCUT2D eigenvalue weighted by molar-refractivity contribution is 0.577. The van der Waals surface area contributed by atoms with E-state index in [4.69, 9.17) is 5.73 Å². The molecule has 0 radical (unpaired) electrons. The average molecular weight is 292 g/mol. The molecule has 0 aliphatic heterocycles. The van der Waals surface area contributed by atoms with Crippen LogP contribution in [-0.4, -0.2) is 15.0 Å². The van der Waals surface area contributed by atoms with Crippen LogP contribution in [0.15, 0.2) is 41.3 Å². The van der Waals surface area contributed by atoms with Crippen LogP contribution in [0, 0.1) is 0 Å². The van der Waals surface area contributed by atoms with Crippen LogP contribution in [0.25, 0.3) is 10.8 Å². The van der Waals surface area contributed by atoms with E-state index >= 15 is 0 Å². The first kappa shape index (κ1) is 14.8. The van der Waals surface area contributed by atoms with Gasteiger partial charge in [-0.05, 0) is 30.0 Å². The number of hydrogen-bond donors (Lipinski definition) is 2. The normalized spacial score (nSPS) is 11.8. The minimum absolute atomic E-state index is 0.312. The number of sulfonamides is 1. The number of benzene rings is 2. The molecule has 0 saturated heterocycles. The maximum absolute atomic E-state index is 12.4. The Kier molecular flexibility index (Phi) is 4.62. The summed E-state index contributed by atoms with van der Waals surface area (Å²) in [5.74, 6) is 0. The van der Waals surface area contributed by atoms with Gasteiger partial charge in [-0.2, -0.15) is 0 Å². The Balaban J connectivity index is 2.32. The van der Waals surface area contributed by atoms with Crippen LogP contribution in [0.3, 0.4) is 0 Å². The third kappa shape index (κ3) is 3.29. The molecule has 20 heavy (non-hydrogen) atoms. The Morgan fingerprint density at radius 2 is 1.95 bits per heavy atom. The number of unbranched alkanes of at least 4 members (excludes halogenated alkanes) is 2. The van der Waals surface area contributed by atoms with Gasteiger partial charge < -0.3 is 5.73 Å². The molecule has 4 nitrogen and oxygen atoms in total. The Bertz CT molecular complexity index is 696. The summed E-state index contributed by atoms with van der Waals surface area (Å²) in [5.41, 5.74) is 6.36. The molecule has 0 amide bonds. The van der Waals surface area contributed by atoms with Gasteiger partial charge >= 0.3 is 0 Å². The van der Waals surface area contributed by atoms with Gasteiger partial charge in [0.25, 0.3) is 0 Å². The van der Waals surface area contributed by atoms with Gasteiger partial charge in [-0.1, -0.05) is 38.0 Å². The van der Waals surface area contributed by atoms with Crippen molar-refractivity contribution in [3.8, 4) is 0 Å². The van der Waals surface area contributed by atoms with E-state index in [1.807, 2.05) is 6.07 Å². The van der Waals surface area contributed by atoms with E-state index in [-0.39, 0.29) is 0 Å². The van der Waals surface area contributed by atoms with Crippen molar-refractivity contribution in [2.24, 2.45) is 0 Å². The van der Waals surface area contributed by atoms with Crippen LogP contribution in [0.4, 0.5) is 5.69 Å². The van der Waals surface area contributed by atoms with E-state index in [9.17, 15) is 8.42 Å². The second kappa shape index (κ2) is 6.24. The molecule has 5 heteroatoms. The van der Waals surface area contributed by atoms with Gasteiger partial charge in [-0.15, -0.1) is 0 Å². The molecule has 3 N–H and O–H groups in total. The summed E-state index contributed by atoms with van der Waals surface area (Å²) in [5, 5.41) is 1.53. The van der Waals surface area contributed by atoms with Crippen molar-refractivity contribution in [3.05, 3.63) is 36.4 Å². The highest BCUT2D eigenvalue weighted by atomic mass is 32.2. The topological polar surface area (TPSA) is 72.2 Å². The van der Waals surface area contributed by atoms with E-state index in [2.05, 4.69) is 11.6 Å². The number of anilines is 1. The van der Waals surface area contributed by atoms with E-state index in [0.29, 0.717) is 22.5 Å². The molecule has 0 spiro atoms. The lowest BCUT2D eigenvalue weighted by Gasteiger charge is -2.10. The van der Waals surface area contributed by atoms with Crippen molar-refractivity contribution in [1.82, 2.24) is 4.72 Å². The molecule has 2 aromatic rings. The van der Waals surface area contributed by atoms with Crippen LogP contribution >= 0.6 is 0 Å². The SMILES string of the molecule is CCCCCNS(=O)(=O)c1cccc2cc(N)ccc12. The lowest BCUT2D eigenvalue weighted by atomic mass is 10.1. The lowest BCUT2D eigenvalue weighted by Crippen LogP contribution is -2.25.